The molecular formula is C14H12BrCl2NO2S. The molecule has 0 bridgehead atoms. The van der Waals surface area contributed by atoms with Crippen LogP contribution in [0.4, 0.5) is 0 Å². The Labute approximate surface area is 142 Å². The summed E-state index contributed by atoms with van der Waals surface area (Å²) in [5, 5.41) is 0.450. The summed E-state index contributed by atoms with van der Waals surface area (Å²) in [6.45, 7) is 1.76. The van der Waals surface area contributed by atoms with Crippen LogP contribution in [-0.4, -0.2) is 8.42 Å². The highest BCUT2D eigenvalue weighted by atomic mass is 79.9. The van der Waals surface area contributed by atoms with Gasteiger partial charge in [0.2, 0.25) is 10.0 Å². The maximum Gasteiger partial charge on any atom is 0.242 e. The Bertz CT molecular complexity index is 748. The average molecular weight is 409 g/mol. The van der Waals surface area contributed by atoms with E-state index in [0.29, 0.717) is 5.02 Å². The minimum absolute atomic E-state index is 0.0272. The molecule has 0 aromatic heterocycles. The smallest absolute Gasteiger partial charge is 0.207 e. The van der Waals surface area contributed by atoms with Crippen molar-refractivity contribution in [1.82, 2.24) is 4.72 Å². The molecule has 0 aliphatic carbocycles. The summed E-state index contributed by atoms with van der Waals surface area (Å²) in [6, 6.07) is 11.3. The zero-order valence-electron chi connectivity index (χ0n) is 11.0. The lowest BCUT2D eigenvalue weighted by Gasteiger charge is -2.15. The Morgan fingerprint density at radius 3 is 2.33 bits per heavy atom. The van der Waals surface area contributed by atoms with Gasteiger partial charge in [0.25, 0.3) is 0 Å². The van der Waals surface area contributed by atoms with E-state index < -0.39 is 16.1 Å². The first-order valence-electron chi connectivity index (χ1n) is 6.02. The third-order valence-electron chi connectivity index (χ3n) is 2.88. The number of hydrogen-bond donors (Lipinski definition) is 1. The highest BCUT2D eigenvalue weighted by Gasteiger charge is 2.21. The minimum atomic E-state index is -3.75. The Kier molecular flexibility index (Phi) is 5.33. The molecule has 0 spiro atoms. The van der Waals surface area contributed by atoms with Gasteiger partial charge in [0.15, 0.2) is 0 Å². The fourth-order valence-corrected chi connectivity index (χ4v) is 4.06. The molecular weight excluding hydrogens is 397 g/mol. The summed E-state index contributed by atoms with van der Waals surface area (Å²) in [7, 11) is -3.75. The molecule has 21 heavy (non-hydrogen) atoms. The van der Waals surface area contributed by atoms with Crippen LogP contribution in [0.15, 0.2) is 51.8 Å². The molecule has 0 fully saturated rings. The second-order valence-electron chi connectivity index (χ2n) is 4.47. The van der Waals surface area contributed by atoms with Crippen molar-refractivity contribution in [2.45, 2.75) is 17.9 Å². The van der Waals surface area contributed by atoms with Gasteiger partial charge in [-0.2, -0.15) is 0 Å². The zero-order valence-corrected chi connectivity index (χ0v) is 14.9. The Balaban J connectivity index is 2.28. The van der Waals surface area contributed by atoms with Gasteiger partial charge in [0.05, 0.1) is 5.02 Å². The number of rotatable bonds is 4. The lowest BCUT2D eigenvalue weighted by atomic mass is 10.1. The average Bonchev–Trinajstić information content (AvgIpc) is 2.41. The van der Waals surface area contributed by atoms with E-state index in [-0.39, 0.29) is 9.92 Å². The number of sulfonamides is 1. The number of nitrogens with one attached hydrogen (secondary N) is 1. The normalized spacial score (nSPS) is 13.1. The second kappa shape index (κ2) is 6.67. The van der Waals surface area contributed by atoms with E-state index in [2.05, 4.69) is 20.7 Å². The molecule has 0 heterocycles. The fourth-order valence-electron chi connectivity index (χ4n) is 1.80. The molecule has 0 aliphatic rings. The lowest BCUT2D eigenvalue weighted by molar-refractivity contribution is 0.567. The van der Waals surface area contributed by atoms with Gasteiger partial charge in [-0.3, -0.25) is 0 Å². The number of benzene rings is 2. The van der Waals surface area contributed by atoms with Crippen LogP contribution in [-0.2, 0) is 10.0 Å². The standard InChI is InChI=1S/C14H12BrCl2NO2S/c1-9(10-2-4-11(15)5-3-10)18-21(19,20)14-8-12(16)6-7-13(14)17/h2-9,18H,1H3/t9-/m1/s1. The van der Waals surface area contributed by atoms with E-state index in [1.165, 1.54) is 12.1 Å². The van der Waals surface area contributed by atoms with Gasteiger partial charge < -0.3 is 0 Å². The molecule has 2 aromatic carbocycles. The molecule has 1 atom stereocenters. The molecule has 3 nitrogen and oxygen atoms in total. The van der Waals surface area contributed by atoms with Gasteiger partial charge in [0, 0.05) is 15.5 Å². The summed E-state index contributed by atoms with van der Waals surface area (Å²) in [5.41, 5.74) is 0.847. The Hall–Kier alpha value is -0.590. The van der Waals surface area contributed by atoms with Crippen molar-refractivity contribution in [3.63, 3.8) is 0 Å². The molecule has 2 rings (SSSR count). The number of halogens is 3. The summed E-state index contributed by atoms with van der Waals surface area (Å²) in [4.78, 5) is -0.0272. The topological polar surface area (TPSA) is 46.2 Å². The van der Waals surface area contributed by atoms with Crippen molar-refractivity contribution in [3.8, 4) is 0 Å². The first-order chi connectivity index (χ1) is 9.79. The molecule has 0 amide bonds. The van der Waals surface area contributed by atoms with Gasteiger partial charge in [0.1, 0.15) is 4.90 Å². The molecule has 0 unspecified atom stereocenters. The molecule has 0 radical (unpaired) electrons. The molecule has 112 valence electrons. The van der Waals surface area contributed by atoms with Crippen LogP contribution in [0.2, 0.25) is 10.0 Å². The largest absolute Gasteiger partial charge is 0.242 e. The molecule has 0 saturated heterocycles. The molecule has 1 N–H and O–H groups in total. The highest BCUT2D eigenvalue weighted by Crippen LogP contribution is 2.26. The fraction of sp³-hybridized carbons (Fsp3) is 0.143. The third kappa shape index (κ3) is 4.20. The summed E-state index contributed by atoms with van der Waals surface area (Å²) < 4.78 is 28.3. The van der Waals surface area contributed by atoms with E-state index in [1.807, 2.05) is 24.3 Å². The predicted molar refractivity (Wildman–Crippen MR) is 89.3 cm³/mol. The first-order valence-corrected chi connectivity index (χ1v) is 9.05. The number of hydrogen-bond acceptors (Lipinski definition) is 2. The van der Waals surface area contributed by atoms with Crippen molar-refractivity contribution in [2.24, 2.45) is 0 Å². The van der Waals surface area contributed by atoms with Crippen LogP contribution >= 0.6 is 39.1 Å². The van der Waals surface area contributed by atoms with Crippen LogP contribution < -0.4 is 4.72 Å². The van der Waals surface area contributed by atoms with Gasteiger partial charge >= 0.3 is 0 Å². The van der Waals surface area contributed by atoms with E-state index >= 15 is 0 Å². The maximum atomic E-state index is 12.4. The van der Waals surface area contributed by atoms with Gasteiger partial charge in [-0.05, 0) is 42.8 Å². The van der Waals surface area contributed by atoms with Crippen molar-refractivity contribution in [2.75, 3.05) is 0 Å². The third-order valence-corrected chi connectivity index (χ3v) is 5.67. The molecule has 2 aromatic rings. The zero-order chi connectivity index (χ0) is 15.6. The van der Waals surface area contributed by atoms with Crippen LogP contribution in [0, 0.1) is 0 Å². The Morgan fingerprint density at radius 2 is 1.71 bits per heavy atom. The highest BCUT2D eigenvalue weighted by molar-refractivity contribution is 9.10. The molecule has 7 heteroatoms. The summed E-state index contributed by atoms with van der Waals surface area (Å²) >= 11 is 15.1. The quantitative estimate of drug-likeness (QED) is 0.789. The van der Waals surface area contributed by atoms with Gasteiger partial charge in [-0.25, -0.2) is 13.1 Å². The van der Waals surface area contributed by atoms with Gasteiger partial charge in [-0.15, -0.1) is 0 Å². The van der Waals surface area contributed by atoms with Gasteiger partial charge in [-0.1, -0.05) is 51.3 Å². The van der Waals surface area contributed by atoms with E-state index in [4.69, 9.17) is 23.2 Å². The summed E-state index contributed by atoms with van der Waals surface area (Å²) in [6.07, 6.45) is 0. The monoisotopic (exact) mass is 407 g/mol. The van der Waals surface area contributed by atoms with E-state index in [1.54, 1.807) is 13.0 Å². The van der Waals surface area contributed by atoms with E-state index in [0.717, 1.165) is 10.0 Å². The SMILES string of the molecule is C[C@@H](NS(=O)(=O)c1cc(Cl)ccc1Cl)c1ccc(Br)cc1. The predicted octanol–water partition coefficient (Wildman–Crippen LogP) is 4.80. The lowest BCUT2D eigenvalue weighted by Crippen LogP contribution is -2.27. The van der Waals surface area contributed by atoms with Crippen LogP contribution in [0.3, 0.4) is 0 Å². The Morgan fingerprint density at radius 1 is 1.10 bits per heavy atom. The van der Waals surface area contributed by atoms with Crippen LogP contribution in [0.25, 0.3) is 0 Å². The maximum absolute atomic E-state index is 12.4. The van der Waals surface area contributed by atoms with Crippen molar-refractivity contribution in [3.05, 3.63) is 62.5 Å². The van der Waals surface area contributed by atoms with E-state index in [9.17, 15) is 8.42 Å². The van der Waals surface area contributed by atoms with Crippen molar-refractivity contribution in [1.29, 1.82) is 0 Å². The second-order valence-corrected chi connectivity index (χ2v) is 7.91. The molecule has 0 aliphatic heterocycles. The van der Waals surface area contributed by atoms with Crippen molar-refractivity contribution < 1.29 is 8.42 Å². The first kappa shape index (κ1) is 16.8. The summed E-state index contributed by atoms with van der Waals surface area (Å²) in [5.74, 6) is 0. The molecule has 0 saturated carbocycles. The minimum Gasteiger partial charge on any atom is -0.207 e. The van der Waals surface area contributed by atoms with Crippen molar-refractivity contribution >= 4 is 49.2 Å². The van der Waals surface area contributed by atoms with Crippen LogP contribution in [0.1, 0.15) is 18.5 Å². The van der Waals surface area contributed by atoms with Crippen LogP contribution in [0.5, 0.6) is 0 Å².